The zero-order valence-corrected chi connectivity index (χ0v) is 16.3. The number of rotatable bonds is 7. The summed E-state index contributed by atoms with van der Waals surface area (Å²) in [6, 6.07) is 6.74. The van der Waals surface area contributed by atoms with Crippen molar-refractivity contribution in [2.45, 2.75) is 38.6 Å². The number of carbonyl (C=O) groups excluding carboxylic acids is 1. The van der Waals surface area contributed by atoms with Crippen LogP contribution in [-0.4, -0.2) is 45.8 Å². The number of aromatic nitrogens is 2. The van der Waals surface area contributed by atoms with Crippen LogP contribution in [0, 0.1) is 11.3 Å². The molecule has 0 bridgehead atoms. The lowest BCUT2D eigenvalue weighted by Crippen LogP contribution is -2.32. The van der Waals surface area contributed by atoms with Crippen LogP contribution in [0.3, 0.4) is 0 Å². The fourth-order valence-corrected chi connectivity index (χ4v) is 3.00. The molecule has 0 spiro atoms. The van der Waals surface area contributed by atoms with Gasteiger partial charge in [-0.25, -0.2) is 13.2 Å². The Labute approximate surface area is 169 Å². The smallest absolute Gasteiger partial charge is 0.287 e. The first-order valence-electron chi connectivity index (χ1n) is 9.14. The van der Waals surface area contributed by atoms with Gasteiger partial charge < -0.3 is 20.7 Å². The molecule has 158 valence electrons. The van der Waals surface area contributed by atoms with Crippen molar-refractivity contribution in [3.63, 3.8) is 0 Å². The van der Waals surface area contributed by atoms with Crippen molar-refractivity contribution in [1.82, 2.24) is 15.3 Å². The van der Waals surface area contributed by atoms with Crippen molar-refractivity contribution >= 4 is 33.5 Å². The Morgan fingerprint density at radius 3 is 2.73 bits per heavy atom. The molecule has 10 heteroatoms. The molecule has 0 radical (unpaired) electrons. The molecule has 0 aliphatic rings. The molecule has 1 aromatic carbocycles. The van der Waals surface area contributed by atoms with Crippen molar-refractivity contribution in [3.8, 4) is 6.07 Å². The summed E-state index contributed by atoms with van der Waals surface area (Å²) in [6.45, 7) is 3.28. The number of carbonyl (C=O) groups is 1. The average molecular weight is 419 g/mol. The average Bonchev–Trinajstić information content (AvgIpc) is 3.05. The van der Waals surface area contributed by atoms with Gasteiger partial charge in [-0.05, 0) is 38.5 Å². The predicted molar refractivity (Wildman–Crippen MR) is 106 cm³/mol. The Morgan fingerprint density at radius 2 is 2.10 bits per heavy atom. The first-order valence-corrected chi connectivity index (χ1v) is 9.14. The second-order valence-electron chi connectivity index (χ2n) is 7.47. The summed E-state index contributed by atoms with van der Waals surface area (Å²) >= 11 is 0. The van der Waals surface area contributed by atoms with Crippen molar-refractivity contribution in [2.24, 2.45) is 0 Å². The number of pyridine rings is 1. The molecular formula is C20H20F3N5O2. The highest BCUT2D eigenvalue weighted by atomic mass is 19.3. The maximum Gasteiger partial charge on any atom is 0.287 e. The normalized spacial score (nSPS) is 12.9. The lowest BCUT2D eigenvalue weighted by molar-refractivity contribution is 0.0648. The van der Waals surface area contributed by atoms with E-state index >= 15 is 0 Å². The molecule has 2 aromatic heterocycles. The Balaban J connectivity index is 2.08. The first-order chi connectivity index (χ1) is 14.1. The Kier molecular flexibility index (Phi) is 5.85. The van der Waals surface area contributed by atoms with Gasteiger partial charge in [-0.15, -0.1) is 0 Å². The Morgan fingerprint density at radius 1 is 1.37 bits per heavy atom. The summed E-state index contributed by atoms with van der Waals surface area (Å²) in [5, 5.41) is 24.1. The van der Waals surface area contributed by atoms with Crippen molar-refractivity contribution in [1.29, 1.82) is 5.26 Å². The number of fused-ring (bicyclic) bond motifs is 3. The molecule has 1 atom stereocenters. The first kappa shape index (κ1) is 21.4. The van der Waals surface area contributed by atoms with Crippen LogP contribution < -0.4 is 10.6 Å². The number of alkyl halides is 3. The van der Waals surface area contributed by atoms with Gasteiger partial charge in [-0.3, -0.25) is 9.78 Å². The highest BCUT2D eigenvalue weighted by Crippen LogP contribution is 2.32. The summed E-state index contributed by atoms with van der Waals surface area (Å²) in [6.07, 6.45) is -4.59. The highest BCUT2D eigenvalue weighted by Gasteiger charge is 2.25. The van der Waals surface area contributed by atoms with Gasteiger partial charge in [0.05, 0.1) is 39.5 Å². The van der Waals surface area contributed by atoms with E-state index in [-0.39, 0.29) is 29.7 Å². The Hall–Kier alpha value is -3.32. The van der Waals surface area contributed by atoms with Gasteiger partial charge in [0.2, 0.25) is 6.30 Å². The van der Waals surface area contributed by atoms with Crippen LogP contribution in [0.5, 0.6) is 0 Å². The molecule has 0 saturated carbocycles. The summed E-state index contributed by atoms with van der Waals surface area (Å²) in [5.74, 6) is -0.658. The number of H-pyrrole nitrogens is 1. The number of aliphatic hydroxyl groups is 1. The van der Waals surface area contributed by atoms with Crippen LogP contribution in [0.25, 0.3) is 21.9 Å². The molecule has 0 saturated heterocycles. The molecule has 0 fully saturated rings. The zero-order valence-electron chi connectivity index (χ0n) is 16.3. The van der Waals surface area contributed by atoms with E-state index in [1.807, 2.05) is 6.07 Å². The van der Waals surface area contributed by atoms with Gasteiger partial charge in [-0.1, -0.05) is 0 Å². The fourth-order valence-electron chi connectivity index (χ4n) is 3.00. The lowest BCUT2D eigenvalue weighted by Gasteiger charge is -2.18. The van der Waals surface area contributed by atoms with Crippen molar-refractivity contribution < 1.29 is 23.1 Å². The van der Waals surface area contributed by atoms with E-state index < -0.39 is 24.2 Å². The lowest BCUT2D eigenvalue weighted by atomic mass is 10.1. The number of hydrogen-bond donors (Lipinski definition) is 4. The van der Waals surface area contributed by atoms with Gasteiger partial charge in [0, 0.05) is 23.6 Å². The number of nitrogens with zero attached hydrogens (tertiary/aromatic N) is 2. The highest BCUT2D eigenvalue weighted by molar-refractivity contribution is 6.13. The van der Waals surface area contributed by atoms with Gasteiger partial charge in [0.15, 0.2) is 0 Å². The number of nitrogens with one attached hydrogen (secondary N) is 3. The van der Waals surface area contributed by atoms with Crippen molar-refractivity contribution in [2.75, 3.05) is 11.9 Å². The second kappa shape index (κ2) is 8.20. The molecule has 7 nitrogen and oxygen atoms in total. The summed E-state index contributed by atoms with van der Waals surface area (Å²) in [4.78, 5) is 19.8. The topological polar surface area (TPSA) is 114 Å². The van der Waals surface area contributed by atoms with E-state index in [4.69, 9.17) is 5.26 Å². The van der Waals surface area contributed by atoms with E-state index in [1.165, 1.54) is 6.20 Å². The molecular weight excluding hydrogens is 399 g/mol. The van der Waals surface area contributed by atoms with Gasteiger partial charge in [0.1, 0.15) is 0 Å². The molecule has 1 amide bonds. The van der Waals surface area contributed by atoms with Crippen LogP contribution in [0.2, 0.25) is 0 Å². The second-order valence-corrected chi connectivity index (χ2v) is 7.47. The minimum atomic E-state index is -3.31. The summed E-state index contributed by atoms with van der Waals surface area (Å²) in [7, 11) is 0. The summed E-state index contributed by atoms with van der Waals surface area (Å²) < 4.78 is 39.6. The van der Waals surface area contributed by atoms with Crippen LogP contribution in [0.4, 0.5) is 18.9 Å². The van der Waals surface area contributed by atoms with Gasteiger partial charge in [0.25, 0.3) is 12.3 Å². The summed E-state index contributed by atoms with van der Waals surface area (Å²) in [5.41, 5.74) is 0.0592. The monoisotopic (exact) mass is 419 g/mol. The molecule has 1 unspecified atom stereocenters. The quantitative estimate of drug-likeness (QED) is 0.438. The number of aromatic amines is 1. The van der Waals surface area contributed by atoms with Crippen LogP contribution >= 0.6 is 0 Å². The van der Waals surface area contributed by atoms with Crippen LogP contribution in [0.1, 0.15) is 36.2 Å². The van der Waals surface area contributed by atoms with E-state index in [2.05, 4.69) is 20.6 Å². The predicted octanol–water partition coefficient (Wildman–Crippen LogP) is 3.45. The minimum absolute atomic E-state index is 0.117. The maximum atomic E-state index is 13.9. The third-order valence-corrected chi connectivity index (χ3v) is 4.51. The zero-order chi connectivity index (χ0) is 22.1. The third kappa shape index (κ3) is 4.46. The number of nitriles is 1. The number of halogens is 3. The number of anilines is 1. The maximum absolute atomic E-state index is 13.9. The molecule has 4 N–H and O–H groups in total. The fraction of sp³-hybridized carbons (Fsp3) is 0.350. The van der Waals surface area contributed by atoms with E-state index in [0.717, 1.165) is 0 Å². The van der Waals surface area contributed by atoms with E-state index in [0.29, 0.717) is 22.0 Å². The minimum Gasteiger partial charge on any atom is -0.390 e. The third-order valence-electron chi connectivity index (χ3n) is 4.51. The van der Waals surface area contributed by atoms with Crippen molar-refractivity contribution in [3.05, 3.63) is 35.5 Å². The number of benzene rings is 1. The molecule has 0 aliphatic heterocycles. The number of hydrogen-bond acceptors (Lipinski definition) is 5. The van der Waals surface area contributed by atoms with E-state index in [9.17, 15) is 23.1 Å². The van der Waals surface area contributed by atoms with Gasteiger partial charge >= 0.3 is 0 Å². The Bertz CT molecular complexity index is 1130. The van der Waals surface area contributed by atoms with E-state index in [1.54, 1.807) is 32.0 Å². The van der Waals surface area contributed by atoms with Crippen LogP contribution in [-0.2, 0) is 0 Å². The molecule has 2 heterocycles. The molecule has 3 aromatic rings. The molecule has 30 heavy (non-hydrogen) atoms. The van der Waals surface area contributed by atoms with Crippen LogP contribution in [0.15, 0.2) is 24.4 Å². The SMILES string of the molecule is CC(C)(O)CCNC(=O)c1cnc2c([nH]c3cc(C#N)ccc32)c1NC(F)C(F)F. The standard InChI is InChI=1S/C20H20F3N5O2/c1-20(2,30)5-6-25-19(29)12-9-26-14-11-4-3-10(8-24)7-13(11)27-16(14)15(12)28-18(23)17(21)22/h3-4,7,9,17-18,27,30H,5-6H2,1-2H3,(H,25,29)(H,26,28). The molecule has 0 aliphatic carbocycles. The molecule has 3 rings (SSSR count). The van der Waals surface area contributed by atoms with Gasteiger partial charge in [-0.2, -0.15) is 5.26 Å². The largest absolute Gasteiger partial charge is 0.390 e. The number of amides is 1.